The summed E-state index contributed by atoms with van der Waals surface area (Å²) in [6, 6.07) is -3.55. The Morgan fingerprint density at radius 2 is 1.14 bits per heavy atom. The first-order valence-corrected chi connectivity index (χ1v) is 11.3. The van der Waals surface area contributed by atoms with Gasteiger partial charge in [0.2, 0.25) is 0 Å². The minimum absolute atomic E-state index is 0.619. The predicted octanol–water partition coefficient (Wildman–Crippen LogP) is -7.41. The summed E-state index contributed by atoms with van der Waals surface area (Å²) in [7, 11) is 1.48. The van der Waals surface area contributed by atoms with Gasteiger partial charge < -0.3 is 81.3 Å². The highest BCUT2D eigenvalue weighted by atomic mass is 16.7. The van der Waals surface area contributed by atoms with Gasteiger partial charge in [0.25, 0.3) is 0 Å². The van der Waals surface area contributed by atoms with Crippen molar-refractivity contribution < 1.29 is 64.5 Å². The van der Waals surface area contributed by atoms with Gasteiger partial charge in [-0.25, -0.2) is 0 Å². The number of likely N-dealkylation sites (N-methyl/N-ethyl adjacent to an activating group) is 1. The van der Waals surface area contributed by atoms with Crippen LogP contribution in [0.3, 0.4) is 0 Å². The van der Waals surface area contributed by atoms with Crippen molar-refractivity contribution in [2.24, 2.45) is 11.5 Å². The Hall–Kier alpha value is -0.640. The lowest BCUT2D eigenvalue weighted by Gasteiger charge is -2.48. The van der Waals surface area contributed by atoms with Gasteiger partial charge in [0.15, 0.2) is 18.9 Å². The summed E-state index contributed by atoms with van der Waals surface area (Å²) >= 11 is 0. The highest BCUT2D eigenvalue weighted by Crippen LogP contribution is 2.31. The Labute approximate surface area is 200 Å². The van der Waals surface area contributed by atoms with Crippen LogP contribution in [-0.4, -0.2) is 160 Å². The second-order valence-corrected chi connectivity index (χ2v) is 8.83. The van der Waals surface area contributed by atoms with Crippen LogP contribution < -0.4 is 16.8 Å². The van der Waals surface area contributed by atoms with Gasteiger partial charge in [-0.3, -0.25) is 0 Å². The maximum atomic E-state index is 10.9. The van der Waals surface area contributed by atoms with Gasteiger partial charge in [-0.2, -0.15) is 0 Å². The van der Waals surface area contributed by atoms with Crippen LogP contribution >= 0.6 is 0 Å². The van der Waals surface area contributed by atoms with Crippen LogP contribution in [0.25, 0.3) is 0 Å². The number of ether oxygens (including phenoxy) is 5. The molecule has 3 fully saturated rings. The minimum atomic E-state index is -1.55. The second-order valence-electron chi connectivity index (χ2n) is 8.83. The molecular weight excluding hydrogens is 478 g/mol. The average molecular weight is 516 g/mol. The highest BCUT2D eigenvalue weighted by molar-refractivity contribution is 4.98. The summed E-state index contributed by atoms with van der Waals surface area (Å²) in [6.45, 7) is -1.94. The molecule has 15 atom stereocenters. The average Bonchev–Trinajstić information content (AvgIpc) is 2.85. The van der Waals surface area contributed by atoms with E-state index in [0.717, 1.165) is 0 Å². The molecule has 3 heterocycles. The molecule has 0 bridgehead atoms. The highest BCUT2D eigenvalue weighted by Gasteiger charge is 2.52. The van der Waals surface area contributed by atoms with E-state index in [1.54, 1.807) is 0 Å². The van der Waals surface area contributed by atoms with Crippen LogP contribution in [0, 0.1) is 0 Å². The normalized spacial score (nSPS) is 51.3. The van der Waals surface area contributed by atoms with Gasteiger partial charge in [0.1, 0.15) is 54.9 Å². The van der Waals surface area contributed by atoms with Gasteiger partial charge in [0, 0.05) is 0 Å². The third-order valence-electron chi connectivity index (χ3n) is 6.62. The quantitative estimate of drug-likeness (QED) is 0.143. The number of hydrogen-bond donors (Lipinski definition) is 11. The molecule has 0 aromatic rings. The molecule has 16 heteroatoms. The molecule has 0 spiro atoms. The first kappa shape index (κ1) is 28.9. The molecule has 15 unspecified atom stereocenters. The zero-order valence-electron chi connectivity index (χ0n) is 19.1. The standard InChI is InChI=1S/C19H37N3O13/c1-22-10-14(29)11(26)5(2-23)32-19(10)35-16-7(4-25)33-18(9(21)13(16)28)34-15-6(3-24)31-17(30)8(20)12(15)27/h5-19,22-30H,2-4,20-21H2,1H3. The molecule has 3 rings (SSSR count). The Morgan fingerprint density at radius 1 is 0.657 bits per heavy atom. The third kappa shape index (κ3) is 5.78. The third-order valence-corrected chi connectivity index (χ3v) is 6.62. The predicted molar refractivity (Wildman–Crippen MR) is 112 cm³/mol. The van der Waals surface area contributed by atoms with E-state index in [0.29, 0.717) is 0 Å². The Morgan fingerprint density at radius 3 is 1.69 bits per heavy atom. The molecule has 3 saturated heterocycles. The maximum Gasteiger partial charge on any atom is 0.176 e. The largest absolute Gasteiger partial charge is 0.394 e. The molecule has 0 radical (unpaired) electrons. The van der Waals surface area contributed by atoms with Crippen molar-refractivity contribution in [1.82, 2.24) is 5.32 Å². The fraction of sp³-hybridized carbons (Fsp3) is 1.00. The van der Waals surface area contributed by atoms with E-state index in [4.69, 9.17) is 35.2 Å². The van der Waals surface area contributed by atoms with Crippen molar-refractivity contribution in [3.63, 3.8) is 0 Å². The Balaban J connectivity index is 1.74. The van der Waals surface area contributed by atoms with Crippen molar-refractivity contribution in [3.05, 3.63) is 0 Å². The molecule has 16 nitrogen and oxygen atoms in total. The van der Waals surface area contributed by atoms with E-state index in [1.807, 2.05) is 0 Å². The van der Waals surface area contributed by atoms with Gasteiger partial charge in [-0.15, -0.1) is 0 Å². The monoisotopic (exact) mass is 515 g/mol. The van der Waals surface area contributed by atoms with Gasteiger partial charge >= 0.3 is 0 Å². The Kier molecular flexibility index (Phi) is 10.1. The van der Waals surface area contributed by atoms with Crippen LogP contribution in [-0.2, 0) is 23.7 Å². The van der Waals surface area contributed by atoms with E-state index in [1.165, 1.54) is 7.05 Å². The van der Waals surface area contributed by atoms with E-state index >= 15 is 0 Å². The van der Waals surface area contributed by atoms with E-state index in [-0.39, 0.29) is 0 Å². The number of hydrogen-bond acceptors (Lipinski definition) is 16. The fourth-order valence-electron chi connectivity index (χ4n) is 4.46. The van der Waals surface area contributed by atoms with Gasteiger partial charge in [-0.05, 0) is 7.05 Å². The summed E-state index contributed by atoms with van der Waals surface area (Å²) in [6.07, 6.45) is -16.3. The van der Waals surface area contributed by atoms with E-state index < -0.39 is 112 Å². The lowest BCUT2D eigenvalue weighted by atomic mass is 9.94. The van der Waals surface area contributed by atoms with Gasteiger partial charge in [-0.1, -0.05) is 0 Å². The summed E-state index contributed by atoms with van der Waals surface area (Å²) in [5.41, 5.74) is 11.8. The van der Waals surface area contributed by atoms with Crippen LogP contribution in [0.15, 0.2) is 0 Å². The van der Waals surface area contributed by atoms with Crippen molar-refractivity contribution in [2.75, 3.05) is 26.9 Å². The smallest absolute Gasteiger partial charge is 0.176 e. The lowest BCUT2D eigenvalue weighted by Crippen LogP contribution is -2.69. The van der Waals surface area contributed by atoms with E-state index in [9.17, 15) is 40.9 Å². The number of nitrogens with one attached hydrogen (secondary N) is 1. The molecule has 13 N–H and O–H groups in total. The first-order valence-electron chi connectivity index (χ1n) is 11.3. The number of rotatable bonds is 8. The van der Waals surface area contributed by atoms with Crippen LogP contribution in [0.4, 0.5) is 0 Å². The molecule has 206 valence electrons. The molecular formula is C19H37N3O13. The van der Waals surface area contributed by atoms with Crippen molar-refractivity contribution in [2.45, 2.75) is 91.9 Å². The van der Waals surface area contributed by atoms with Crippen molar-refractivity contribution >= 4 is 0 Å². The maximum absolute atomic E-state index is 10.9. The molecule has 35 heavy (non-hydrogen) atoms. The molecule has 0 amide bonds. The lowest BCUT2D eigenvalue weighted by molar-refractivity contribution is -0.349. The van der Waals surface area contributed by atoms with Gasteiger partial charge in [0.05, 0.1) is 37.9 Å². The van der Waals surface area contributed by atoms with Crippen LogP contribution in [0.2, 0.25) is 0 Å². The van der Waals surface area contributed by atoms with Crippen molar-refractivity contribution in [1.29, 1.82) is 0 Å². The zero-order chi connectivity index (χ0) is 26.0. The summed E-state index contributed by atoms with van der Waals surface area (Å²) in [4.78, 5) is 0. The molecule has 0 aromatic carbocycles. The second kappa shape index (κ2) is 12.3. The number of aliphatic hydroxyl groups is 8. The first-order chi connectivity index (χ1) is 16.6. The molecule has 0 aromatic heterocycles. The van der Waals surface area contributed by atoms with E-state index in [2.05, 4.69) is 5.32 Å². The molecule has 3 aliphatic rings. The molecule has 0 aliphatic carbocycles. The number of aliphatic hydroxyl groups excluding tert-OH is 8. The summed E-state index contributed by atoms with van der Waals surface area (Å²) in [5, 5.41) is 83.1. The van der Waals surface area contributed by atoms with Crippen molar-refractivity contribution in [3.8, 4) is 0 Å². The SMILES string of the molecule is CNC1C(OC2C(CO)OC(OC3C(CO)OC(O)C(N)C3O)C(N)C2O)OC(CO)C(O)C1O. The van der Waals surface area contributed by atoms with Crippen LogP contribution in [0.5, 0.6) is 0 Å². The molecule has 0 saturated carbocycles. The van der Waals surface area contributed by atoms with Crippen LogP contribution in [0.1, 0.15) is 0 Å². The fourth-order valence-corrected chi connectivity index (χ4v) is 4.46. The minimum Gasteiger partial charge on any atom is -0.394 e. The Bertz CT molecular complexity index is 663. The zero-order valence-corrected chi connectivity index (χ0v) is 19.1. The topological polar surface area (TPSA) is 272 Å². The molecule has 3 aliphatic heterocycles. The number of nitrogens with two attached hydrogens (primary N) is 2. The summed E-state index contributed by atoms with van der Waals surface area (Å²) < 4.78 is 27.8. The summed E-state index contributed by atoms with van der Waals surface area (Å²) in [5.74, 6) is 0.